The number of anilines is 1. The second-order valence-electron chi connectivity index (χ2n) is 4.25. The van der Waals surface area contributed by atoms with Gasteiger partial charge in [-0.2, -0.15) is 0 Å². The molecule has 4 nitrogen and oxygen atoms in total. The minimum Gasteiger partial charge on any atom is -0.508 e. The summed E-state index contributed by atoms with van der Waals surface area (Å²) in [6.07, 6.45) is 1.59. The predicted molar refractivity (Wildman–Crippen MR) is 75.0 cm³/mol. The minimum atomic E-state index is -3.51. The lowest BCUT2D eigenvalue weighted by atomic mass is 10.1. The van der Waals surface area contributed by atoms with Crippen LogP contribution in [-0.2, 0) is 10.0 Å². The summed E-state index contributed by atoms with van der Waals surface area (Å²) in [6, 6.07) is 13.4. The molecule has 2 N–H and O–H groups in total. The van der Waals surface area contributed by atoms with Crippen molar-refractivity contribution in [1.29, 1.82) is 0 Å². The molecule has 0 atom stereocenters. The van der Waals surface area contributed by atoms with Crippen molar-refractivity contribution in [3.8, 4) is 5.75 Å². The van der Waals surface area contributed by atoms with E-state index in [4.69, 9.17) is 0 Å². The number of nitrogens with one attached hydrogen (secondary N) is 1. The molecule has 0 aromatic heterocycles. The highest BCUT2D eigenvalue weighted by molar-refractivity contribution is 8.02. The first-order valence-electron chi connectivity index (χ1n) is 5.69. The Morgan fingerprint density at radius 2 is 1.68 bits per heavy atom. The summed E-state index contributed by atoms with van der Waals surface area (Å²) in [4.78, 5) is 0.244. The zero-order valence-electron chi connectivity index (χ0n) is 9.87. The molecule has 0 amide bonds. The molecule has 19 heavy (non-hydrogen) atoms. The largest absolute Gasteiger partial charge is 0.508 e. The van der Waals surface area contributed by atoms with Crippen molar-refractivity contribution in [1.82, 2.24) is 0 Å². The van der Waals surface area contributed by atoms with Gasteiger partial charge in [-0.05, 0) is 29.8 Å². The maximum atomic E-state index is 12.1. The molecule has 0 aliphatic carbocycles. The molecule has 2 aromatic rings. The van der Waals surface area contributed by atoms with Crippen molar-refractivity contribution >= 4 is 26.7 Å². The van der Waals surface area contributed by atoms with Crippen molar-refractivity contribution in [2.45, 2.75) is 0 Å². The fraction of sp³-hybridized carbons (Fsp3) is 0. The van der Waals surface area contributed by atoms with Gasteiger partial charge in [-0.3, -0.25) is 4.72 Å². The summed E-state index contributed by atoms with van der Waals surface area (Å²) in [5.74, 6) is 0.148. The van der Waals surface area contributed by atoms with Crippen LogP contribution < -0.4 is 4.72 Å². The fourth-order valence-electron chi connectivity index (χ4n) is 2.01. The van der Waals surface area contributed by atoms with E-state index in [0.29, 0.717) is 11.3 Å². The van der Waals surface area contributed by atoms with Crippen LogP contribution in [0.4, 0.5) is 5.69 Å². The highest BCUT2D eigenvalue weighted by atomic mass is 32.2. The van der Waals surface area contributed by atoms with Gasteiger partial charge in [-0.1, -0.05) is 30.3 Å². The van der Waals surface area contributed by atoms with Crippen molar-refractivity contribution < 1.29 is 13.5 Å². The molecule has 0 unspecified atom stereocenters. The summed E-state index contributed by atoms with van der Waals surface area (Å²) < 4.78 is 26.6. The average molecular weight is 273 g/mol. The number of hydrogen-bond donors (Lipinski definition) is 2. The molecule has 1 heterocycles. The van der Waals surface area contributed by atoms with Gasteiger partial charge in [0.05, 0.1) is 10.6 Å². The molecule has 0 saturated carbocycles. The van der Waals surface area contributed by atoms with Gasteiger partial charge in [0.1, 0.15) is 5.75 Å². The molecular weight excluding hydrogens is 262 g/mol. The summed E-state index contributed by atoms with van der Waals surface area (Å²) in [7, 11) is -3.51. The lowest BCUT2D eigenvalue weighted by Gasteiger charge is -1.99. The fourth-order valence-corrected chi connectivity index (χ4v) is 3.34. The first kappa shape index (κ1) is 11.8. The molecule has 2 aromatic carbocycles. The van der Waals surface area contributed by atoms with Crippen LogP contribution in [0, 0.1) is 0 Å². The maximum absolute atomic E-state index is 12.1. The van der Waals surface area contributed by atoms with E-state index in [-0.39, 0.29) is 10.7 Å². The molecular formula is C14H11NO3S. The number of phenols is 1. The molecule has 0 bridgehead atoms. The molecule has 0 fully saturated rings. The van der Waals surface area contributed by atoms with Crippen LogP contribution in [0.2, 0.25) is 0 Å². The number of fused-ring (bicyclic) bond motifs is 1. The molecule has 5 heteroatoms. The van der Waals surface area contributed by atoms with Gasteiger partial charge in [0.15, 0.2) is 0 Å². The Morgan fingerprint density at radius 1 is 1.00 bits per heavy atom. The van der Waals surface area contributed by atoms with Crippen molar-refractivity contribution in [3.63, 3.8) is 0 Å². The van der Waals surface area contributed by atoms with Crippen LogP contribution in [0.15, 0.2) is 48.5 Å². The normalized spacial score (nSPS) is 18.0. The number of rotatable bonds is 1. The van der Waals surface area contributed by atoms with Gasteiger partial charge in [0, 0.05) is 5.56 Å². The van der Waals surface area contributed by atoms with E-state index in [1.807, 2.05) is 0 Å². The van der Waals surface area contributed by atoms with Crippen molar-refractivity contribution in [3.05, 3.63) is 59.7 Å². The van der Waals surface area contributed by atoms with E-state index >= 15 is 0 Å². The lowest BCUT2D eigenvalue weighted by molar-refractivity contribution is 0.475. The maximum Gasteiger partial charge on any atom is 0.262 e. The van der Waals surface area contributed by atoms with Crippen molar-refractivity contribution in [2.75, 3.05) is 4.72 Å². The zero-order chi connectivity index (χ0) is 13.5. The molecule has 0 radical (unpaired) electrons. The van der Waals surface area contributed by atoms with Crippen molar-refractivity contribution in [2.24, 2.45) is 0 Å². The molecule has 1 aliphatic heterocycles. The van der Waals surface area contributed by atoms with E-state index in [9.17, 15) is 13.5 Å². The summed E-state index contributed by atoms with van der Waals surface area (Å²) in [5.41, 5.74) is 1.97. The van der Waals surface area contributed by atoms with Crippen LogP contribution in [0.25, 0.3) is 11.0 Å². The van der Waals surface area contributed by atoms with E-state index in [1.54, 1.807) is 42.5 Å². The monoisotopic (exact) mass is 273 g/mol. The Balaban J connectivity index is 2.15. The zero-order valence-corrected chi connectivity index (χ0v) is 10.7. The minimum absolute atomic E-state index is 0.148. The molecule has 0 saturated heterocycles. The van der Waals surface area contributed by atoms with Gasteiger partial charge in [-0.25, -0.2) is 8.42 Å². The summed E-state index contributed by atoms with van der Waals surface area (Å²) >= 11 is 0. The van der Waals surface area contributed by atoms with E-state index in [1.165, 1.54) is 12.1 Å². The van der Waals surface area contributed by atoms with E-state index in [2.05, 4.69) is 4.72 Å². The molecule has 3 rings (SSSR count). The highest BCUT2D eigenvalue weighted by Crippen LogP contribution is 2.37. The number of aromatic hydroxyl groups is 1. The van der Waals surface area contributed by atoms with Crippen LogP contribution in [0.1, 0.15) is 11.1 Å². The number of sulfonamides is 1. The first-order valence-corrected chi connectivity index (χ1v) is 7.17. The third-order valence-corrected chi connectivity index (χ3v) is 4.32. The lowest BCUT2D eigenvalue weighted by Crippen LogP contribution is -2.05. The molecule has 0 spiro atoms. The SMILES string of the molecule is O=S1(=O)Nc2ccccc2/C1=C\c1ccc(O)cc1. The Kier molecular flexibility index (Phi) is 2.57. The number of benzene rings is 2. The van der Waals surface area contributed by atoms with Crippen LogP contribution in [-0.4, -0.2) is 13.5 Å². The van der Waals surface area contributed by atoms with Crippen LogP contribution in [0.3, 0.4) is 0 Å². The number of hydrogen-bond acceptors (Lipinski definition) is 3. The Bertz CT molecular complexity index is 762. The number of para-hydroxylation sites is 1. The number of phenolic OH excluding ortho intramolecular Hbond substituents is 1. The van der Waals surface area contributed by atoms with Gasteiger partial charge in [-0.15, -0.1) is 0 Å². The van der Waals surface area contributed by atoms with Crippen LogP contribution in [0.5, 0.6) is 5.75 Å². The second kappa shape index (κ2) is 4.13. The third kappa shape index (κ3) is 2.08. The molecule has 1 aliphatic rings. The Labute approximate surface area is 111 Å². The topological polar surface area (TPSA) is 66.4 Å². The Morgan fingerprint density at radius 3 is 2.42 bits per heavy atom. The van der Waals surface area contributed by atoms with Gasteiger partial charge in [0.2, 0.25) is 0 Å². The van der Waals surface area contributed by atoms with E-state index in [0.717, 1.165) is 5.56 Å². The quantitative estimate of drug-likeness (QED) is 0.839. The smallest absolute Gasteiger partial charge is 0.262 e. The van der Waals surface area contributed by atoms with Gasteiger partial charge in [0.25, 0.3) is 10.0 Å². The second-order valence-corrected chi connectivity index (χ2v) is 5.90. The van der Waals surface area contributed by atoms with Gasteiger partial charge < -0.3 is 5.11 Å². The summed E-state index contributed by atoms with van der Waals surface area (Å²) in [6.45, 7) is 0. The Hall–Kier alpha value is -2.27. The first-order chi connectivity index (χ1) is 9.06. The summed E-state index contributed by atoms with van der Waals surface area (Å²) in [5, 5.41) is 9.23. The highest BCUT2D eigenvalue weighted by Gasteiger charge is 2.29. The average Bonchev–Trinajstić information content (AvgIpc) is 2.63. The third-order valence-electron chi connectivity index (χ3n) is 2.92. The van der Waals surface area contributed by atoms with Gasteiger partial charge >= 0.3 is 0 Å². The predicted octanol–water partition coefficient (Wildman–Crippen LogP) is 2.65. The standard InChI is InChI=1S/C14H11NO3S/c16-11-7-5-10(6-8-11)9-14-12-3-1-2-4-13(12)15-19(14,17)18/h1-9,15-16H/b14-9+. The van der Waals surface area contributed by atoms with E-state index < -0.39 is 10.0 Å². The molecule has 96 valence electrons. The van der Waals surface area contributed by atoms with Crippen LogP contribution >= 0.6 is 0 Å².